The smallest absolute Gasteiger partial charge is 0.0366 e. The van der Waals surface area contributed by atoms with Crippen LogP contribution in [0.3, 0.4) is 0 Å². The summed E-state index contributed by atoms with van der Waals surface area (Å²) in [5.74, 6) is 0. The maximum absolute atomic E-state index is 5.79. The second-order valence-corrected chi connectivity index (χ2v) is 6.35. The van der Waals surface area contributed by atoms with Gasteiger partial charge in [-0.2, -0.15) is 0 Å². The lowest BCUT2D eigenvalue weighted by atomic mass is 9.89. The molecule has 2 nitrogen and oxygen atoms in total. The molecule has 1 aliphatic rings. The van der Waals surface area contributed by atoms with Gasteiger partial charge in [-0.25, -0.2) is 0 Å². The van der Waals surface area contributed by atoms with E-state index in [9.17, 15) is 0 Å². The summed E-state index contributed by atoms with van der Waals surface area (Å²) in [5, 5.41) is 0. The largest absolute Gasteiger partial charge is 0.375 e. The first kappa shape index (κ1) is 13.4. The van der Waals surface area contributed by atoms with Crippen LogP contribution in [-0.4, -0.2) is 20.1 Å². The Morgan fingerprint density at radius 3 is 2.67 bits per heavy atom. The molecule has 2 rings (SSSR count). The Morgan fingerprint density at radius 1 is 1.22 bits per heavy atom. The summed E-state index contributed by atoms with van der Waals surface area (Å²) in [6.45, 7) is 6.31. The van der Waals surface area contributed by atoms with E-state index >= 15 is 0 Å². The molecule has 0 saturated heterocycles. The average molecular weight is 246 g/mol. The van der Waals surface area contributed by atoms with Crippen molar-refractivity contribution < 1.29 is 0 Å². The molecule has 0 aromatic heterocycles. The molecule has 0 aliphatic heterocycles. The fraction of sp³-hybridized carbons (Fsp3) is 0.625. The molecule has 0 spiro atoms. The van der Waals surface area contributed by atoms with E-state index in [0.29, 0.717) is 0 Å². The molecule has 0 unspecified atom stereocenters. The van der Waals surface area contributed by atoms with Crippen molar-refractivity contribution in [1.82, 2.24) is 0 Å². The van der Waals surface area contributed by atoms with Gasteiger partial charge in [-0.15, -0.1) is 0 Å². The van der Waals surface area contributed by atoms with Crippen LogP contribution in [0.4, 0.5) is 5.69 Å². The Labute approximate surface area is 111 Å². The van der Waals surface area contributed by atoms with E-state index in [1.54, 1.807) is 11.1 Å². The normalized spacial score (nSPS) is 14.7. The summed E-state index contributed by atoms with van der Waals surface area (Å²) in [4.78, 5) is 2.36. The first-order valence-electron chi connectivity index (χ1n) is 7.05. The Kier molecular flexibility index (Phi) is 3.96. The maximum atomic E-state index is 5.79. The fourth-order valence-corrected chi connectivity index (χ4v) is 2.50. The number of rotatable bonds is 5. The Balaban J connectivity index is 1.99. The van der Waals surface area contributed by atoms with Crippen LogP contribution in [0.2, 0.25) is 0 Å². The molecule has 2 N–H and O–H groups in total. The number of nitrogens with two attached hydrogens (primary N) is 1. The Morgan fingerprint density at radius 2 is 1.94 bits per heavy atom. The molecule has 0 amide bonds. The van der Waals surface area contributed by atoms with Gasteiger partial charge < -0.3 is 10.6 Å². The number of nitrogens with zero attached hydrogens (tertiary/aromatic N) is 1. The average Bonchev–Trinajstić information content (AvgIpc) is 2.83. The van der Waals surface area contributed by atoms with Gasteiger partial charge in [0.1, 0.15) is 0 Å². The minimum Gasteiger partial charge on any atom is -0.375 e. The van der Waals surface area contributed by atoms with Crippen LogP contribution in [0.1, 0.15) is 37.8 Å². The first-order chi connectivity index (χ1) is 8.52. The first-order valence-corrected chi connectivity index (χ1v) is 7.05. The Hall–Kier alpha value is -1.02. The van der Waals surface area contributed by atoms with Crippen LogP contribution in [0.25, 0.3) is 0 Å². The highest BCUT2D eigenvalue weighted by molar-refractivity contribution is 5.51. The predicted octanol–water partition coefficient (Wildman–Crippen LogP) is 2.99. The lowest BCUT2D eigenvalue weighted by Gasteiger charge is -2.27. The lowest BCUT2D eigenvalue weighted by Crippen LogP contribution is -2.29. The molecule has 0 heterocycles. The molecule has 100 valence electrons. The summed E-state index contributed by atoms with van der Waals surface area (Å²) in [6, 6.07) is 6.94. The molecule has 18 heavy (non-hydrogen) atoms. The summed E-state index contributed by atoms with van der Waals surface area (Å²) in [5.41, 5.74) is 10.5. The molecule has 1 aromatic rings. The summed E-state index contributed by atoms with van der Waals surface area (Å²) in [7, 11) is 2.18. The van der Waals surface area contributed by atoms with Crippen LogP contribution in [0, 0.1) is 5.41 Å². The van der Waals surface area contributed by atoms with E-state index < -0.39 is 0 Å². The van der Waals surface area contributed by atoms with Crippen molar-refractivity contribution in [3.8, 4) is 0 Å². The second kappa shape index (κ2) is 5.31. The van der Waals surface area contributed by atoms with E-state index in [4.69, 9.17) is 5.73 Å². The van der Waals surface area contributed by atoms with Crippen molar-refractivity contribution in [2.75, 3.05) is 25.0 Å². The van der Waals surface area contributed by atoms with Crippen LogP contribution >= 0.6 is 0 Å². The summed E-state index contributed by atoms with van der Waals surface area (Å²) >= 11 is 0. The number of hydrogen-bond acceptors (Lipinski definition) is 2. The van der Waals surface area contributed by atoms with E-state index in [2.05, 4.69) is 44.0 Å². The molecule has 1 aliphatic carbocycles. The number of fused-ring (bicyclic) bond motifs is 1. The molecule has 0 radical (unpaired) electrons. The van der Waals surface area contributed by atoms with Gasteiger partial charge >= 0.3 is 0 Å². The molecular weight excluding hydrogens is 220 g/mol. The maximum Gasteiger partial charge on any atom is 0.0366 e. The number of benzene rings is 1. The van der Waals surface area contributed by atoms with Gasteiger partial charge in [-0.05, 0) is 60.9 Å². The van der Waals surface area contributed by atoms with Crippen LogP contribution in [-0.2, 0) is 12.8 Å². The van der Waals surface area contributed by atoms with E-state index in [1.807, 2.05) is 0 Å². The number of anilines is 1. The molecule has 0 bridgehead atoms. The van der Waals surface area contributed by atoms with Gasteiger partial charge in [0, 0.05) is 19.3 Å². The van der Waals surface area contributed by atoms with Gasteiger partial charge in [0.2, 0.25) is 0 Å². The number of aryl methyl sites for hydroxylation is 2. The van der Waals surface area contributed by atoms with Crippen LogP contribution < -0.4 is 10.6 Å². The zero-order valence-electron chi connectivity index (χ0n) is 12.0. The third-order valence-corrected chi connectivity index (χ3v) is 4.20. The van der Waals surface area contributed by atoms with Crippen LogP contribution in [0.5, 0.6) is 0 Å². The standard InChI is InChI=1S/C16H26N2/c1-16(2,12-17)9-10-18(3)15-8-7-13-5-4-6-14(13)11-15/h7-8,11H,4-6,9-10,12,17H2,1-3H3. The SMILES string of the molecule is CN(CCC(C)(C)CN)c1ccc2c(c1)CCC2. The topological polar surface area (TPSA) is 29.3 Å². The Bertz CT molecular complexity index is 410. The van der Waals surface area contributed by atoms with Crippen LogP contribution in [0.15, 0.2) is 18.2 Å². The summed E-state index contributed by atoms with van der Waals surface area (Å²) in [6.07, 6.45) is 4.98. The van der Waals surface area contributed by atoms with Gasteiger partial charge in [-0.3, -0.25) is 0 Å². The third kappa shape index (κ3) is 3.05. The fourth-order valence-electron chi connectivity index (χ4n) is 2.50. The molecular formula is C16H26N2. The van der Waals surface area contributed by atoms with E-state index in [0.717, 1.165) is 19.5 Å². The predicted molar refractivity (Wildman–Crippen MR) is 79.2 cm³/mol. The third-order valence-electron chi connectivity index (χ3n) is 4.20. The summed E-state index contributed by atoms with van der Waals surface area (Å²) < 4.78 is 0. The zero-order chi connectivity index (χ0) is 13.2. The lowest BCUT2D eigenvalue weighted by molar-refractivity contribution is 0.351. The monoisotopic (exact) mass is 246 g/mol. The molecule has 1 aromatic carbocycles. The number of hydrogen-bond donors (Lipinski definition) is 1. The minimum atomic E-state index is 0.241. The molecule has 0 saturated carbocycles. The van der Waals surface area contributed by atoms with Gasteiger partial charge in [0.05, 0.1) is 0 Å². The van der Waals surface area contributed by atoms with Crippen molar-refractivity contribution in [3.05, 3.63) is 29.3 Å². The molecule has 2 heteroatoms. The highest BCUT2D eigenvalue weighted by atomic mass is 15.1. The van der Waals surface area contributed by atoms with Crippen molar-refractivity contribution >= 4 is 5.69 Å². The second-order valence-electron chi connectivity index (χ2n) is 6.35. The highest BCUT2D eigenvalue weighted by Crippen LogP contribution is 2.27. The zero-order valence-corrected chi connectivity index (χ0v) is 12.0. The van der Waals surface area contributed by atoms with Gasteiger partial charge in [0.25, 0.3) is 0 Å². The minimum absolute atomic E-state index is 0.241. The van der Waals surface area contributed by atoms with Gasteiger partial charge in [0.15, 0.2) is 0 Å². The van der Waals surface area contributed by atoms with E-state index in [1.165, 1.54) is 24.9 Å². The van der Waals surface area contributed by atoms with Gasteiger partial charge in [-0.1, -0.05) is 19.9 Å². The quantitative estimate of drug-likeness (QED) is 0.865. The molecule has 0 fully saturated rings. The van der Waals surface area contributed by atoms with E-state index in [-0.39, 0.29) is 5.41 Å². The van der Waals surface area contributed by atoms with Crippen molar-refractivity contribution in [2.45, 2.75) is 39.5 Å². The highest BCUT2D eigenvalue weighted by Gasteiger charge is 2.17. The van der Waals surface area contributed by atoms with Crippen molar-refractivity contribution in [3.63, 3.8) is 0 Å². The molecule has 0 atom stereocenters. The van der Waals surface area contributed by atoms with Crippen molar-refractivity contribution in [1.29, 1.82) is 0 Å². The van der Waals surface area contributed by atoms with Crippen molar-refractivity contribution in [2.24, 2.45) is 11.1 Å².